The molecule has 7 aromatic rings. The average molecular weight is 552 g/mol. The van der Waals surface area contributed by atoms with Gasteiger partial charge in [-0.15, -0.1) is 0 Å². The molecule has 0 saturated carbocycles. The molecule has 0 saturated heterocycles. The van der Waals surface area contributed by atoms with Crippen molar-refractivity contribution in [3.05, 3.63) is 198 Å². The zero-order valence-corrected chi connectivity index (χ0v) is 23.6. The molecule has 0 fully saturated rings. The fraction of sp³-hybridized carbons (Fsp3) is 0.0244. The van der Waals surface area contributed by atoms with E-state index in [9.17, 15) is 0 Å². The van der Waals surface area contributed by atoms with Crippen LogP contribution in [0.1, 0.15) is 22.3 Å². The van der Waals surface area contributed by atoms with E-state index in [2.05, 4.69) is 181 Å². The van der Waals surface area contributed by atoms with Gasteiger partial charge in [0.1, 0.15) is 11.5 Å². The van der Waals surface area contributed by atoms with E-state index in [1.165, 1.54) is 16.5 Å². The Kier molecular flexibility index (Phi) is 6.05. The minimum Gasteiger partial charge on any atom is -0.457 e. The second-order valence-corrected chi connectivity index (χ2v) is 11.0. The molecule has 7 aromatic carbocycles. The second-order valence-electron chi connectivity index (χ2n) is 11.0. The van der Waals surface area contributed by atoms with Crippen molar-refractivity contribution in [2.24, 2.45) is 0 Å². The Bertz CT molecular complexity index is 1960. The lowest BCUT2D eigenvalue weighted by Gasteiger charge is -2.42. The van der Waals surface area contributed by atoms with E-state index in [0.717, 1.165) is 45.1 Å². The lowest BCUT2D eigenvalue weighted by Crippen LogP contribution is -2.34. The van der Waals surface area contributed by atoms with Crippen LogP contribution in [-0.4, -0.2) is 0 Å². The summed E-state index contributed by atoms with van der Waals surface area (Å²) in [5, 5.41) is 2.35. The van der Waals surface area contributed by atoms with Gasteiger partial charge in [0, 0.05) is 34.3 Å². The maximum atomic E-state index is 6.92. The average Bonchev–Trinajstić information content (AvgIpc) is 3.08. The van der Waals surface area contributed by atoms with Gasteiger partial charge in [-0.2, -0.15) is 0 Å². The van der Waals surface area contributed by atoms with Gasteiger partial charge >= 0.3 is 0 Å². The van der Waals surface area contributed by atoms with Crippen LogP contribution in [0.3, 0.4) is 0 Å². The zero-order valence-electron chi connectivity index (χ0n) is 23.6. The largest absolute Gasteiger partial charge is 0.457 e. The van der Waals surface area contributed by atoms with Gasteiger partial charge < -0.3 is 9.64 Å². The number of anilines is 3. The Balaban J connectivity index is 1.43. The van der Waals surface area contributed by atoms with Crippen LogP contribution in [0.5, 0.6) is 11.5 Å². The number of fused-ring (bicyclic) bond motifs is 3. The normalized spacial score (nSPS) is 13.0. The molecule has 2 nitrogen and oxygen atoms in total. The smallest absolute Gasteiger partial charge is 0.134 e. The summed E-state index contributed by atoms with van der Waals surface area (Å²) in [4.78, 5) is 2.28. The van der Waals surface area contributed by atoms with Crippen molar-refractivity contribution < 1.29 is 4.74 Å². The Morgan fingerprint density at radius 3 is 1.40 bits per heavy atom. The van der Waals surface area contributed by atoms with Crippen molar-refractivity contribution in [1.82, 2.24) is 0 Å². The molecule has 204 valence electrons. The summed E-state index contributed by atoms with van der Waals surface area (Å²) in [7, 11) is 0. The van der Waals surface area contributed by atoms with Gasteiger partial charge in [0.15, 0.2) is 0 Å². The van der Waals surface area contributed by atoms with Crippen molar-refractivity contribution in [2.75, 3.05) is 4.90 Å². The first-order valence-electron chi connectivity index (χ1n) is 14.7. The van der Waals surface area contributed by atoms with E-state index < -0.39 is 5.41 Å². The number of hydrogen-bond donors (Lipinski definition) is 0. The molecule has 0 radical (unpaired) electrons. The first-order valence-corrected chi connectivity index (χ1v) is 14.7. The van der Waals surface area contributed by atoms with E-state index in [4.69, 9.17) is 4.74 Å². The molecule has 43 heavy (non-hydrogen) atoms. The summed E-state index contributed by atoms with van der Waals surface area (Å²) >= 11 is 0. The van der Waals surface area contributed by atoms with E-state index in [1.54, 1.807) is 0 Å². The predicted octanol–water partition coefficient (Wildman–Crippen LogP) is 10.8. The number of ether oxygens (including phenoxy) is 1. The predicted molar refractivity (Wildman–Crippen MR) is 177 cm³/mol. The van der Waals surface area contributed by atoms with Crippen molar-refractivity contribution in [1.29, 1.82) is 0 Å². The Morgan fingerprint density at radius 1 is 0.372 bits per heavy atom. The molecular weight excluding hydrogens is 522 g/mol. The molecule has 0 amide bonds. The van der Waals surface area contributed by atoms with Gasteiger partial charge in [0.25, 0.3) is 0 Å². The van der Waals surface area contributed by atoms with E-state index in [1.807, 2.05) is 0 Å². The molecule has 0 aromatic heterocycles. The summed E-state index contributed by atoms with van der Waals surface area (Å²) in [6.45, 7) is 0. The minimum atomic E-state index is -0.571. The van der Waals surface area contributed by atoms with Gasteiger partial charge in [-0.3, -0.25) is 0 Å². The van der Waals surface area contributed by atoms with Crippen LogP contribution < -0.4 is 9.64 Å². The van der Waals surface area contributed by atoms with E-state index in [-0.39, 0.29) is 0 Å². The highest BCUT2D eigenvalue weighted by molar-refractivity contribution is 5.88. The third kappa shape index (κ3) is 4.11. The molecular formula is C41H29NO. The van der Waals surface area contributed by atoms with Crippen LogP contribution in [0.25, 0.3) is 10.8 Å². The Hall–Kier alpha value is -5.60. The van der Waals surface area contributed by atoms with Crippen molar-refractivity contribution in [3.63, 3.8) is 0 Å². The number of hydrogen-bond acceptors (Lipinski definition) is 2. The molecule has 0 unspecified atom stereocenters. The van der Waals surface area contributed by atoms with Gasteiger partial charge in [0.05, 0.1) is 5.41 Å². The Labute approximate surface area is 252 Å². The fourth-order valence-corrected chi connectivity index (χ4v) is 6.67. The maximum absolute atomic E-state index is 6.92. The molecule has 0 N–H and O–H groups in total. The Morgan fingerprint density at radius 2 is 0.837 bits per heavy atom. The highest BCUT2D eigenvalue weighted by atomic mass is 16.5. The highest BCUT2D eigenvalue weighted by Crippen LogP contribution is 2.57. The van der Waals surface area contributed by atoms with Crippen LogP contribution in [0.15, 0.2) is 176 Å². The summed E-state index contributed by atoms with van der Waals surface area (Å²) in [6.07, 6.45) is 0. The van der Waals surface area contributed by atoms with E-state index in [0.29, 0.717) is 0 Å². The zero-order chi connectivity index (χ0) is 28.6. The SMILES string of the molecule is c1ccc(N(c2ccccc2)c2ccc3c(c2)Oc2cc4ccccc4cc2C3(c2ccccc2)c2ccccc2)cc1. The standard InChI is InChI=1S/C41H29NO/c1-5-17-32(18-6-1)41(33-19-7-2-8-20-33)37-26-25-36(42(34-21-9-3-10-22-34)35-23-11-4-12-24-35)29-40(37)43-39-28-31-16-14-13-15-30(31)27-38(39)41/h1-29H. The van der Waals surface area contributed by atoms with E-state index >= 15 is 0 Å². The molecule has 0 atom stereocenters. The molecule has 1 aliphatic rings. The molecule has 1 aliphatic heterocycles. The first-order chi connectivity index (χ1) is 21.3. The van der Waals surface area contributed by atoms with Crippen molar-refractivity contribution >= 4 is 27.8 Å². The van der Waals surface area contributed by atoms with Crippen LogP contribution in [0.4, 0.5) is 17.1 Å². The molecule has 8 rings (SSSR count). The quantitative estimate of drug-likeness (QED) is 0.211. The fourth-order valence-electron chi connectivity index (χ4n) is 6.67. The second kappa shape index (κ2) is 10.3. The lowest BCUT2D eigenvalue weighted by atomic mass is 9.63. The van der Waals surface area contributed by atoms with Crippen LogP contribution in [0.2, 0.25) is 0 Å². The third-order valence-corrected chi connectivity index (χ3v) is 8.54. The minimum absolute atomic E-state index is 0.571. The van der Waals surface area contributed by atoms with Crippen LogP contribution in [-0.2, 0) is 5.41 Å². The molecule has 0 bridgehead atoms. The summed E-state index contributed by atoms with van der Waals surface area (Å²) < 4.78 is 6.92. The van der Waals surface area contributed by atoms with Crippen molar-refractivity contribution in [3.8, 4) is 11.5 Å². The molecule has 0 aliphatic carbocycles. The third-order valence-electron chi connectivity index (χ3n) is 8.54. The lowest BCUT2D eigenvalue weighted by molar-refractivity contribution is 0.435. The van der Waals surface area contributed by atoms with Crippen LogP contribution in [0, 0.1) is 0 Å². The number of rotatable bonds is 5. The van der Waals surface area contributed by atoms with Crippen molar-refractivity contribution in [2.45, 2.75) is 5.41 Å². The molecule has 2 heteroatoms. The van der Waals surface area contributed by atoms with Gasteiger partial charge in [0.2, 0.25) is 0 Å². The highest BCUT2D eigenvalue weighted by Gasteiger charge is 2.45. The summed E-state index contributed by atoms with van der Waals surface area (Å²) in [5.41, 5.74) is 7.33. The van der Waals surface area contributed by atoms with Crippen LogP contribution >= 0.6 is 0 Å². The summed E-state index contributed by atoms with van der Waals surface area (Å²) in [6, 6.07) is 62.5. The maximum Gasteiger partial charge on any atom is 0.134 e. The van der Waals surface area contributed by atoms with Gasteiger partial charge in [-0.25, -0.2) is 0 Å². The molecule has 0 spiro atoms. The number of para-hydroxylation sites is 2. The van der Waals surface area contributed by atoms with Gasteiger partial charge in [-0.1, -0.05) is 127 Å². The summed E-state index contributed by atoms with van der Waals surface area (Å²) in [5.74, 6) is 1.73. The first kappa shape index (κ1) is 25.1. The van der Waals surface area contributed by atoms with Gasteiger partial charge in [-0.05, 0) is 64.4 Å². The number of benzene rings is 7. The topological polar surface area (TPSA) is 12.5 Å². The monoisotopic (exact) mass is 551 g/mol. The molecule has 1 heterocycles. The number of nitrogens with zero attached hydrogens (tertiary/aromatic N) is 1.